The van der Waals surface area contributed by atoms with Crippen LogP contribution in [0.3, 0.4) is 0 Å². The summed E-state index contributed by atoms with van der Waals surface area (Å²) in [5.74, 6) is 0.220. The Balaban J connectivity index is 1.81. The SMILES string of the molecule is CCCOC1([C@H]2CC[C@H](CCC)CC2)C=CC(c2cccc(F)c2)C=C1F. The van der Waals surface area contributed by atoms with E-state index in [0.717, 1.165) is 43.6 Å². The molecule has 3 heteroatoms. The summed E-state index contributed by atoms with van der Waals surface area (Å²) in [6.07, 6.45) is 13.2. The maximum Gasteiger partial charge on any atom is 0.140 e. The molecule has 2 atom stereocenters. The van der Waals surface area contributed by atoms with Crippen LogP contribution < -0.4 is 0 Å². The average molecular weight is 375 g/mol. The third-order valence-electron chi connectivity index (χ3n) is 6.18. The monoisotopic (exact) mass is 374 g/mol. The lowest BCUT2D eigenvalue weighted by atomic mass is 9.70. The van der Waals surface area contributed by atoms with E-state index in [4.69, 9.17) is 4.74 Å². The first-order valence-electron chi connectivity index (χ1n) is 10.6. The first-order valence-corrected chi connectivity index (χ1v) is 10.6. The highest BCUT2D eigenvalue weighted by molar-refractivity contribution is 5.38. The van der Waals surface area contributed by atoms with Crippen LogP contribution in [0, 0.1) is 17.7 Å². The number of hydrogen-bond acceptors (Lipinski definition) is 1. The Hall–Kier alpha value is -1.48. The number of ether oxygens (including phenoxy) is 1. The Kier molecular flexibility index (Phi) is 6.86. The average Bonchev–Trinajstić information content (AvgIpc) is 2.68. The summed E-state index contributed by atoms with van der Waals surface area (Å²) in [7, 11) is 0. The Bertz CT molecular complexity index is 673. The van der Waals surface area contributed by atoms with Crippen molar-refractivity contribution in [2.75, 3.05) is 6.61 Å². The van der Waals surface area contributed by atoms with Gasteiger partial charge < -0.3 is 4.74 Å². The van der Waals surface area contributed by atoms with Crippen LogP contribution in [0.4, 0.5) is 8.78 Å². The second kappa shape index (κ2) is 9.14. The van der Waals surface area contributed by atoms with E-state index in [9.17, 15) is 4.39 Å². The van der Waals surface area contributed by atoms with Crippen LogP contribution in [0.2, 0.25) is 0 Å². The predicted molar refractivity (Wildman–Crippen MR) is 107 cm³/mol. The lowest BCUT2D eigenvalue weighted by molar-refractivity contribution is -0.0535. The first-order chi connectivity index (χ1) is 13.1. The van der Waals surface area contributed by atoms with E-state index >= 15 is 4.39 Å². The van der Waals surface area contributed by atoms with Crippen molar-refractivity contribution in [3.05, 3.63) is 59.7 Å². The lowest BCUT2D eigenvalue weighted by Crippen LogP contribution is -2.43. The smallest absolute Gasteiger partial charge is 0.140 e. The van der Waals surface area contributed by atoms with Crippen molar-refractivity contribution in [3.63, 3.8) is 0 Å². The van der Waals surface area contributed by atoms with Gasteiger partial charge in [0.25, 0.3) is 0 Å². The second-order valence-corrected chi connectivity index (χ2v) is 8.10. The van der Waals surface area contributed by atoms with Gasteiger partial charge in [0.05, 0.1) is 0 Å². The maximum absolute atomic E-state index is 15.5. The summed E-state index contributed by atoms with van der Waals surface area (Å²) < 4.78 is 35.2. The van der Waals surface area contributed by atoms with E-state index in [1.165, 1.54) is 25.0 Å². The molecule has 1 nitrogen and oxygen atoms in total. The van der Waals surface area contributed by atoms with Crippen molar-refractivity contribution in [2.24, 2.45) is 11.8 Å². The Morgan fingerprint density at radius 3 is 2.48 bits per heavy atom. The molecule has 1 saturated carbocycles. The van der Waals surface area contributed by atoms with E-state index in [1.54, 1.807) is 12.1 Å². The molecule has 1 aromatic rings. The third-order valence-corrected chi connectivity index (χ3v) is 6.18. The molecule has 0 aliphatic heterocycles. The van der Waals surface area contributed by atoms with Gasteiger partial charge in [0, 0.05) is 12.5 Å². The van der Waals surface area contributed by atoms with E-state index in [2.05, 4.69) is 13.8 Å². The number of benzene rings is 1. The zero-order valence-electron chi connectivity index (χ0n) is 16.6. The first kappa shape index (κ1) is 20.3. The Morgan fingerprint density at radius 2 is 1.85 bits per heavy atom. The fourth-order valence-electron chi connectivity index (χ4n) is 4.72. The predicted octanol–water partition coefficient (Wildman–Crippen LogP) is 7.10. The van der Waals surface area contributed by atoms with Crippen molar-refractivity contribution in [3.8, 4) is 0 Å². The molecule has 2 unspecified atom stereocenters. The van der Waals surface area contributed by atoms with E-state index in [0.29, 0.717) is 6.61 Å². The van der Waals surface area contributed by atoms with Gasteiger partial charge in [0.15, 0.2) is 0 Å². The molecule has 3 rings (SSSR count). The molecule has 2 aliphatic rings. The summed E-state index contributed by atoms with van der Waals surface area (Å²) in [5, 5.41) is 0. The minimum absolute atomic E-state index is 0.179. The molecule has 0 bridgehead atoms. The Labute approximate surface area is 162 Å². The molecule has 0 N–H and O–H groups in total. The van der Waals surface area contributed by atoms with Crippen molar-refractivity contribution in [1.29, 1.82) is 0 Å². The zero-order valence-corrected chi connectivity index (χ0v) is 16.6. The van der Waals surface area contributed by atoms with Gasteiger partial charge in [-0.1, -0.05) is 57.7 Å². The highest BCUT2D eigenvalue weighted by atomic mass is 19.1. The fourth-order valence-corrected chi connectivity index (χ4v) is 4.72. The van der Waals surface area contributed by atoms with Crippen molar-refractivity contribution < 1.29 is 13.5 Å². The van der Waals surface area contributed by atoms with Crippen LogP contribution in [0.1, 0.15) is 70.3 Å². The molecule has 2 aliphatic carbocycles. The van der Waals surface area contributed by atoms with Gasteiger partial charge >= 0.3 is 0 Å². The molecule has 0 heterocycles. The molecule has 0 aromatic heterocycles. The Morgan fingerprint density at radius 1 is 1.07 bits per heavy atom. The summed E-state index contributed by atoms with van der Waals surface area (Å²) >= 11 is 0. The van der Waals surface area contributed by atoms with Crippen LogP contribution in [-0.2, 0) is 4.74 Å². The van der Waals surface area contributed by atoms with Gasteiger partial charge in [-0.25, -0.2) is 8.78 Å². The summed E-state index contributed by atoms with van der Waals surface area (Å²) in [6, 6.07) is 6.42. The summed E-state index contributed by atoms with van der Waals surface area (Å²) in [5.41, 5.74) is -0.158. The van der Waals surface area contributed by atoms with Crippen LogP contribution >= 0.6 is 0 Å². The van der Waals surface area contributed by atoms with Crippen molar-refractivity contribution in [2.45, 2.75) is 70.3 Å². The quantitative estimate of drug-likeness (QED) is 0.462. The standard InChI is InChI=1S/C24H32F2O/c1-3-6-18-9-11-21(12-10-18)24(27-15-4-2)14-13-20(17-23(24)26)19-7-5-8-22(25)16-19/h5,7-8,13-14,16-18,20-21H,3-4,6,9-12,15H2,1-2H3/t18-,20?,21-,24?. The van der Waals surface area contributed by atoms with Gasteiger partial charge in [0.2, 0.25) is 0 Å². The molecule has 27 heavy (non-hydrogen) atoms. The van der Waals surface area contributed by atoms with E-state index in [-0.39, 0.29) is 23.5 Å². The maximum atomic E-state index is 15.5. The van der Waals surface area contributed by atoms with Crippen LogP contribution in [0.5, 0.6) is 0 Å². The largest absolute Gasteiger partial charge is 0.363 e. The topological polar surface area (TPSA) is 9.23 Å². The molecule has 148 valence electrons. The summed E-state index contributed by atoms with van der Waals surface area (Å²) in [6.45, 7) is 4.83. The van der Waals surface area contributed by atoms with Gasteiger partial charge in [0.1, 0.15) is 17.2 Å². The molecular formula is C24H32F2O. The molecule has 0 radical (unpaired) electrons. The number of rotatable bonds is 7. The summed E-state index contributed by atoms with van der Waals surface area (Å²) in [4.78, 5) is 0. The molecule has 0 amide bonds. The fraction of sp³-hybridized carbons (Fsp3) is 0.583. The number of allylic oxidation sites excluding steroid dienone is 2. The highest BCUT2D eigenvalue weighted by Gasteiger charge is 2.45. The van der Waals surface area contributed by atoms with Crippen molar-refractivity contribution in [1.82, 2.24) is 0 Å². The van der Waals surface area contributed by atoms with Crippen molar-refractivity contribution >= 4 is 0 Å². The minimum atomic E-state index is -0.934. The normalized spacial score (nSPS) is 31.0. The lowest BCUT2D eigenvalue weighted by Gasteiger charge is -2.43. The third kappa shape index (κ3) is 4.51. The van der Waals surface area contributed by atoms with Crippen LogP contribution in [0.15, 0.2) is 48.3 Å². The van der Waals surface area contributed by atoms with Gasteiger partial charge in [-0.3, -0.25) is 0 Å². The van der Waals surface area contributed by atoms with Gasteiger partial charge in [-0.2, -0.15) is 0 Å². The molecule has 0 spiro atoms. The number of halogens is 2. The van der Waals surface area contributed by atoms with Gasteiger partial charge in [-0.05, 0) is 60.9 Å². The van der Waals surface area contributed by atoms with Crippen LogP contribution in [-0.4, -0.2) is 12.2 Å². The minimum Gasteiger partial charge on any atom is -0.363 e. The second-order valence-electron chi connectivity index (χ2n) is 8.10. The number of hydrogen-bond donors (Lipinski definition) is 0. The van der Waals surface area contributed by atoms with Gasteiger partial charge in [-0.15, -0.1) is 0 Å². The van der Waals surface area contributed by atoms with E-state index < -0.39 is 5.60 Å². The zero-order chi connectivity index (χ0) is 19.3. The molecular weight excluding hydrogens is 342 g/mol. The highest BCUT2D eigenvalue weighted by Crippen LogP contribution is 2.46. The molecule has 1 fully saturated rings. The molecule has 1 aromatic carbocycles. The van der Waals surface area contributed by atoms with Crippen LogP contribution in [0.25, 0.3) is 0 Å². The molecule has 0 saturated heterocycles. The van der Waals surface area contributed by atoms with E-state index in [1.807, 2.05) is 18.2 Å².